The highest BCUT2D eigenvalue weighted by Gasteiger charge is 2.17. The Bertz CT molecular complexity index is 1360. The molecule has 0 radical (unpaired) electrons. The second-order valence-corrected chi connectivity index (χ2v) is 9.14. The van der Waals surface area contributed by atoms with Gasteiger partial charge in [0.25, 0.3) is 5.91 Å². The standard InChI is InChI=1S/C25H21Cl2N5O2S/c1-16(21-13-10-18(26)14-22(21)27)28-29-23(33)15-35-25-31-30-24(17-8-11-20(34-2)12-9-17)32(25)19-6-4-3-5-7-19/h3-14H,15H2,1-2H3,(H,29,33)/b28-16-. The molecule has 0 spiro atoms. The molecule has 0 aliphatic carbocycles. The Morgan fingerprint density at radius 3 is 2.49 bits per heavy atom. The Labute approximate surface area is 217 Å². The van der Waals surface area contributed by atoms with Crippen LogP contribution in [0.25, 0.3) is 17.1 Å². The molecule has 0 atom stereocenters. The SMILES string of the molecule is COc1ccc(-c2nnc(SCC(=O)N/N=C(/C)c3ccc(Cl)cc3Cl)n2-c2ccccc2)cc1. The van der Waals surface area contributed by atoms with E-state index in [0.29, 0.717) is 32.3 Å². The minimum atomic E-state index is -0.284. The average molecular weight is 526 g/mol. The number of hydrogen-bond acceptors (Lipinski definition) is 6. The monoisotopic (exact) mass is 525 g/mol. The molecule has 0 saturated heterocycles. The predicted octanol–water partition coefficient (Wildman–Crippen LogP) is 5.88. The molecule has 3 aromatic carbocycles. The van der Waals surface area contributed by atoms with Gasteiger partial charge in [-0.1, -0.05) is 59.2 Å². The summed E-state index contributed by atoms with van der Waals surface area (Å²) in [5, 5.41) is 14.5. The second-order valence-electron chi connectivity index (χ2n) is 7.35. The molecule has 7 nitrogen and oxygen atoms in total. The number of halogens is 2. The summed E-state index contributed by atoms with van der Waals surface area (Å²) in [7, 11) is 1.62. The van der Waals surface area contributed by atoms with Crippen molar-refractivity contribution in [3.63, 3.8) is 0 Å². The zero-order valence-electron chi connectivity index (χ0n) is 18.9. The van der Waals surface area contributed by atoms with Crippen molar-refractivity contribution in [2.45, 2.75) is 12.1 Å². The zero-order valence-corrected chi connectivity index (χ0v) is 21.2. The van der Waals surface area contributed by atoms with Crippen molar-refractivity contribution in [2.24, 2.45) is 5.10 Å². The van der Waals surface area contributed by atoms with Crippen molar-refractivity contribution in [1.29, 1.82) is 0 Å². The Morgan fingerprint density at radius 2 is 1.80 bits per heavy atom. The first-order chi connectivity index (χ1) is 17.0. The molecule has 0 aliphatic rings. The Hall–Kier alpha value is -3.33. The molecule has 0 aliphatic heterocycles. The molecule has 178 valence electrons. The van der Waals surface area contributed by atoms with Crippen molar-refractivity contribution in [3.05, 3.63) is 88.4 Å². The number of hydrazone groups is 1. The summed E-state index contributed by atoms with van der Waals surface area (Å²) >= 11 is 13.4. The molecule has 4 aromatic rings. The van der Waals surface area contributed by atoms with Crippen LogP contribution in [-0.2, 0) is 4.79 Å². The van der Waals surface area contributed by atoms with E-state index in [2.05, 4.69) is 20.7 Å². The molecule has 0 saturated carbocycles. The highest BCUT2D eigenvalue weighted by Crippen LogP contribution is 2.29. The van der Waals surface area contributed by atoms with Crippen LogP contribution < -0.4 is 10.2 Å². The van der Waals surface area contributed by atoms with Crippen LogP contribution in [0.1, 0.15) is 12.5 Å². The smallest absolute Gasteiger partial charge is 0.250 e. The van der Waals surface area contributed by atoms with E-state index in [9.17, 15) is 4.79 Å². The first-order valence-corrected chi connectivity index (χ1v) is 12.3. The summed E-state index contributed by atoms with van der Waals surface area (Å²) in [4.78, 5) is 12.5. The molecule has 0 fully saturated rings. The number of rotatable bonds is 8. The van der Waals surface area contributed by atoms with Gasteiger partial charge in [-0.25, -0.2) is 5.43 Å². The van der Waals surface area contributed by atoms with E-state index >= 15 is 0 Å². The van der Waals surface area contributed by atoms with Crippen molar-refractivity contribution >= 4 is 46.6 Å². The van der Waals surface area contributed by atoms with Gasteiger partial charge in [-0.05, 0) is 55.5 Å². The molecule has 0 bridgehead atoms. The molecule has 0 unspecified atom stereocenters. The largest absolute Gasteiger partial charge is 0.497 e. The molecule has 4 rings (SSSR count). The van der Waals surface area contributed by atoms with Crippen LogP contribution in [0.3, 0.4) is 0 Å². The summed E-state index contributed by atoms with van der Waals surface area (Å²) in [6.45, 7) is 1.76. The number of amides is 1. The summed E-state index contributed by atoms with van der Waals surface area (Å²) in [5.41, 5.74) is 5.59. The third kappa shape index (κ3) is 6.03. The minimum Gasteiger partial charge on any atom is -0.497 e. The van der Waals surface area contributed by atoms with Gasteiger partial charge in [0.2, 0.25) is 0 Å². The fraction of sp³-hybridized carbons (Fsp3) is 0.120. The van der Waals surface area contributed by atoms with E-state index in [1.165, 1.54) is 11.8 Å². The molecule has 1 N–H and O–H groups in total. The topological polar surface area (TPSA) is 81.4 Å². The molecule has 1 heterocycles. The summed E-state index contributed by atoms with van der Waals surface area (Å²) in [6.07, 6.45) is 0. The van der Waals surface area contributed by atoms with E-state index in [1.807, 2.05) is 59.2 Å². The van der Waals surface area contributed by atoms with Crippen LogP contribution in [0.2, 0.25) is 10.0 Å². The maximum absolute atomic E-state index is 12.5. The molecule has 1 aromatic heterocycles. The minimum absolute atomic E-state index is 0.0959. The highest BCUT2D eigenvalue weighted by molar-refractivity contribution is 7.99. The summed E-state index contributed by atoms with van der Waals surface area (Å²) < 4.78 is 7.17. The van der Waals surface area contributed by atoms with E-state index in [-0.39, 0.29) is 11.7 Å². The van der Waals surface area contributed by atoms with Crippen LogP contribution in [0.4, 0.5) is 0 Å². The number of nitrogens with one attached hydrogen (secondary N) is 1. The van der Waals surface area contributed by atoms with E-state index < -0.39 is 0 Å². The molecular weight excluding hydrogens is 505 g/mol. The number of para-hydroxylation sites is 1. The Balaban J connectivity index is 1.52. The van der Waals surface area contributed by atoms with Crippen molar-refractivity contribution in [1.82, 2.24) is 20.2 Å². The van der Waals surface area contributed by atoms with Crippen molar-refractivity contribution in [2.75, 3.05) is 12.9 Å². The average Bonchev–Trinajstić information content (AvgIpc) is 3.30. The lowest BCUT2D eigenvalue weighted by Gasteiger charge is -2.10. The fourth-order valence-electron chi connectivity index (χ4n) is 3.25. The molecule has 1 amide bonds. The number of methoxy groups -OCH3 is 1. The first-order valence-electron chi connectivity index (χ1n) is 10.5. The van der Waals surface area contributed by atoms with Crippen LogP contribution in [0, 0.1) is 0 Å². The predicted molar refractivity (Wildman–Crippen MR) is 141 cm³/mol. The lowest BCUT2D eigenvalue weighted by Crippen LogP contribution is -2.21. The number of nitrogens with zero attached hydrogens (tertiary/aromatic N) is 4. The van der Waals surface area contributed by atoms with Gasteiger partial charge in [0.1, 0.15) is 5.75 Å². The van der Waals surface area contributed by atoms with Gasteiger partial charge in [0.15, 0.2) is 11.0 Å². The maximum Gasteiger partial charge on any atom is 0.250 e. The third-order valence-electron chi connectivity index (χ3n) is 5.00. The quantitative estimate of drug-likeness (QED) is 0.176. The maximum atomic E-state index is 12.5. The number of carbonyl (C=O) groups excluding carboxylic acids is 1. The molecule has 10 heteroatoms. The second kappa shape index (κ2) is 11.4. The lowest BCUT2D eigenvalue weighted by molar-refractivity contribution is -0.118. The number of aromatic nitrogens is 3. The first kappa shape index (κ1) is 24.8. The Morgan fingerprint density at radius 1 is 1.06 bits per heavy atom. The number of benzene rings is 3. The summed E-state index contributed by atoms with van der Waals surface area (Å²) in [6, 6.07) is 22.4. The molecule has 35 heavy (non-hydrogen) atoms. The molecular formula is C25H21Cl2N5O2S. The van der Waals surface area contributed by atoms with Gasteiger partial charge < -0.3 is 4.74 Å². The van der Waals surface area contributed by atoms with Crippen molar-refractivity contribution < 1.29 is 9.53 Å². The van der Waals surface area contributed by atoms with Crippen molar-refractivity contribution in [3.8, 4) is 22.8 Å². The Kier molecular flexibility index (Phi) is 8.07. The fourth-order valence-corrected chi connectivity index (χ4v) is 4.54. The number of thioether (sulfide) groups is 1. The number of ether oxygens (including phenoxy) is 1. The van der Waals surface area contributed by atoms with Gasteiger partial charge >= 0.3 is 0 Å². The van der Waals surface area contributed by atoms with Gasteiger partial charge in [0.05, 0.1) is 23.6 Å². The highest BCUT2D eigenvalue weighted by atomic mass is 35.5. The van der Waals surface area contributed by atoms with Crippen LogP contribution in [0.15, 0.2) is 83.1 Å². The van der Waals surface area contributed by atoms with Gasteiger partial charge in [-0.15, -0.1) is 10.2 Å². The van der Waals surface area contributed by atoms with Crippen LogP contribution in [-0.4, -0.2) is 39.2 Å². The van der Waals surface area contributed by atoms with E-state index in [0.717, 1.165) is 17.0 Å². The summed E-state index contributed by atoms with van der Waals surface area (Å²) in [5.74, 6) is 1.22. The zero-order chi connectivity index (χ0) is 24.8. The van der Waals surface area contributed by atoms with Gasteiger partial charge in [0, 0.05) is 21.8 Å². The van der Waals surface area contributed by atoms with Crippen LogP contribution >= 0.6 is 35.0 Å². The van der Waals surface area contributed by atoms with Crippen LogP contribution in [0.5, 0.6) is 5.75 Å². The normalized spacial score (nSPS) is 11.4. The number of hydrogen-bond donors (Lipinski definition) is 1. The van der Waals surface area contributed by atoms with E-state index in [1.54, 1.807) is 32.2 Å². The van der Waals surface area contributed by atoms with Gasteiger partial charge in [-0.2, -0.15) is 5.10 Å². The third-order valence-corrected chi connectivity index (χ3v) is 6.47. The van der Waals surface area contributed by atoms with E-state index in [4.69, 9.17) is 27.9 Å². The van der Waals surface area contributed by atoms with Gasteiger partial charge in [-0.3, -0.25) is 9.36 Å². The number of carbonyl (C=O) groups is 1. The lowest BCUT2D eigenvalue weighted by atomic mass is 10.1.